The second-order valence-electron chi connectivity index (χ2n) is 4.95. The lowest BCUT2D eigenvalue weighted by molar-refractivity contribution is 0.565. The third-order valence-electron chi connectivity index (χ3n) is 3.29. The van der Waals surface area contributed by atoms with E-state index in [-0.39, 0.29) is 6.04 Å². The summed E-state index contributed by atoms with van der Waals surface area (Å²) in [5.41, 5.74) is 8.98. The van der Waals surface area contributed by atoms with E-state index in [1.807, 2.05) is 0 Å². The highest BCUT2D eigenvalue weighted by Gasteiger charge is 2.05. The Bertz CT molecular complexity index is 306. The molecule has 17 heavy (non-hydrogen) atoms. The Balaban J connectivity index is 2.44. The minimum atomic E-state index is 0.226. The number of aryl methyl sites for hydroxylation is 1. The summed E-state index contributed by atoms with van der Waals surface area (Å²) in [6.45, 7) is 4.46. The van der Waals surface area contributed by atoms with Crippen molar-refractivity contribution in [2.75, 3.05) is 0 Å². The summed E-state index contributed by atoms with van der Waals surface area (Å²) >= 11 is 0. The zero-order valence-electron chi connectivity index (χ0n) is 11.4. The van der Waals surface area contributed by atoms with Crippen LogP contribution in [0.5, 0.6) is 0 Å². The highest BCUT2D eigenvalue weighted by molar-refractivity contribution is 5.25. The fraction of sp³-hybridized carbons (Fsp3) is 0.625. The third kappa shape index (κ3) is 5.36. The highest BCUT2D eigenvalue weighted by Crippen LogP contribution is 2.19. The van der Waals surface area contributed by atoms with E-state index in [4.69, 9.17) is 5.73 Å². The van der Waals surface area contributed by atoms with E-state index in [1.165, 1.54) is 43.2 Å². The molecule has 0 heterocycles. The van der Waals surface area contributed by atoms with Crippen LogP contribution in [0.3, 0.4) is 0 Å². The van der Waals surface area contributed by atoms with E-state index in [9.17, 15) is 0 Å². The largest absolute Gasteiger partial charge is 0.324 e. The molecule has 1 rings (SSSR count). The van der Waals surface area contributed by atoms with Gasteiger partial charge in [0, 0.05) is 6.04 Å². The molecular formula is C16H27N. The number of hydrogen-bond acceptors (Lipinski definition) is 1. The van der Waals surface area contributed by atoms with Crippen LogP contribution in [0, 0.1) is 0 Å². The lowest BCUT2D eigenvalue weighted by atomic mass is 9.98. The lowest BCUT2D eigenvalue weighted by Crippen LogP contribution is -2.10. The molecule has 0 aliphatic carbocycles. The third-order valence-corrected chi connectivity index (χ3v) is 3.29. The molecule has 0 aromatic heterocycles. The lowest BCUT2D eigenvalue weighted by Gasteiger charge is -2.13. The van der Waals surface area contributed by atoms with Gasteiger partial charge < -0.3 is 5.73 Å². The Morgan fingerprint density at radius 2 is 1.88 bits per heavy atom. The molecule has 1 nitrogen and oxygen atoms in total. The maximum Gasteiger partial charge on any atom is 0.0294 e. The SMILES string of the molecule is CCCCCCC(N)c1cccc(CCC)c1. The van der Waals surface area contributed by atoms with Crippen molar-refractivity contribution in [1.82, 2.24) is 0 Å². The second kappa shape index (κ2) is 8.30. The number of hydrogen-bond donors (Lipinski definition) is 1. The Morgan fingerprint density at radius 1 is 1.06 bits per heavy atom. The first-order chi connectivity index (χ1) is 8.27. The van der Waals surface area contributed by atoms with Gasteiger partial charge in [-0.3, -0.25) is 0 Å². The summed E-state index contributed by atoms with van der Waals surface area (Å²) < 4.78 is 0. The van der Waals surface area contributed by atoms with Crippen molar-refractivity contribution < 1.29 is 0 Å². The van der Waals surface area contributed by atoms with Crippen molar-refractivity contribution in [3.8, 4) is 0 Å². The van der Waals surface area contributed by atoms with Crippen LogP contribution >= 0.6 is 0 Å². The number of rotatable bonds is 8. The van der Waals surface area contributed by atoms with Gasteiger partial charge in [-0.05, 0) is 24.0 Å². The number of benzene rings is 1. The Kier molecular flexibility index (Phi) is 6.95. The molecule has 0 amide bonds. The summed E-state index contributed by atoms with van der Waals surface area (Å²) in [5, 5.41) is 0. The Labute approximate surface area is 106 Å². The van der Waals surface area contributed by atoms with E-state index in [1.54, 1.807) is 0 Å². The molecule has 1 aromatic carbocycles. The first kappa shape index (κ1) is 14.2. The minimum Gasteiger partial charge on any atom is -0.324 e. The molecule has 0 radical (unpaired) electrons. The molecule has 2 N–H and O–H groups in total. The molecule has 96 valence electrons. The quantitative estimate of drug-likeness (QED) is 0.652. The fourth-order valence-electron chi connectivity index (χ4n) is 2.23. The maximum atomic E-state index is 6.24. The normalized spacial score (nSPS) is 12.6. The van der Waals surface area contributed by atoms with Crippen molar-refractivity contribution in [1.29, 1.82) is 0 Å². The Hall–Kier alpha value is -0.820. The summed E-state index contributed by atoms with van der Waals surface area (Å²) in [4.78, 5) is 0. The minimum absolute atomic E-state index is 0.226. The summed E-state index contributed by atoms with van der Waals surface area (Å²) in [6, 6.07) is 9.03. The molecule has 0 fully saturated rings. The van der Waals surface area contributed by atoms with Gasteiger partial charge in [0.15, 0.2) is 0 Å². The monoisotopic (exact) mass is 233 g/mol. The topological polar surface area (TPSA) is 26.0 Å². The summed E-state index contributed by atoms with van der Waals surface area (Å²) in [7, 11) is 0. The van der Waals surface area contributed by atoms with Crippen LogP contribution in [0.4, 0.5) is 0 Å². The van der Waals surface area contributed by atoms with Crippen LogP contribution in [0.25, 0.3) is 0 Å². The van der Waals surface area contributed by atoms with Crippen LogP contribution in [-0.2, 0) is 6.42 Å². The zero-order chi connectivity index (χ0) is 12.5. The maximum absolute atomic E-state index is 6.24. The first-order valence-corrected chi connectivity index (χ1v) is 7.12. The number of nitrogens with two attached hydrogens (primary N) is 1. The summed E-state index contributed by atoms with van der Waals surface area (Å²) in [6.07, 6.45) is 8.69. The average Bonchev–Trinajstić information content (AvgIpc) is 2.35. The van der Waals surface area contributed by atoms with Crippen molar-refractivity contribution >= 4 is 0 Å². The molecule has 0 spiro atoms. The van der Waals surface area contributed by atoms with Gasteiger partial charge in [0.05, 0.1) is 0 Å². The van der Waals surface area contributed by atoms with Crippen molar-refractivity contribution in [3.63, 3.8) is 0 Å². The van der Waals surface area contributed by atoms with Gasteiger partial charge in [-0.25, -0.2) is 0 Å². The molecule has 1 unspecified atom stereocenters. The molecule has 0 aliphatic heterocycles. The predicted octanol–water partition coefficient (Wildman–Crippen LogP) is 4.61. The molecule has 1 atom stereocenters. The molecule has 1 heteroatoms. The van der Waals surface area contributed by atoms with Gasteiger partial charge in [0.25, 0.3) is 0 Å². The van der Waals surface area contributed by atoms with Crippen molar-refractivity contribution in [2.45, 2.75) is 64.8 Å². The van der Waals surface area contributed by atoms with Crippen LogP contribution in [-0.4, -0.2) is 0 Å². The fourth-order valence-corrected chi connectivity index (χ4v) is 2.23. The van der Waals surface area contributed by atoms with E-state index in [0.717, 1.165) is 12.8 Å². The van der Waals surface area contributed by atoms with E-state index in [0.29, 0.717) is 0 Å². The smallest absolute Gasteiger partial charge is 0.0294 e. The molecule has 0 bridgehead atoms. The van der Waals surface area contributed by atoms with Gasteiger partial charge in [-0.15, -0.1) is 0 Å². The first-order valence-electron chi connectivity index (χ1n) is 7.12. The van der Waals surface area contributed by atoms with Crippen molar-refractivity contribution in [3.05, 3.63) is 35.4 Å². The molecule has 0 saturated heterocycles. The van der Waals surface area contributed by atoms with Gasteiger partial charge >= 0.3 is 0 Å². The summed E-state index contributed by atoms with van der Waals surface area (Å²) in [5.74, 6) is 0. The van der Waals surface area contributed by atoms with Crippen LogP contribution in [0.1, 0.15) is 69.5 Å². The Morgan fingerprint density at radius 3 is 2.59 bits per heavy atom. The van der Waals surface area contributed by atoms with Gasteiger partial charge in [0.2, 0.25) is 0 Å². The van der Waals surface area contributed by atoms with E-state index >= 15 is 0 Å². The van der Waals surface area contributed by atoms with E-state index in [2.05, 4.69) is 38.1 Å². The van der Waals surface area contributed by atoms with Crippen molar-refractivity contribution in [2.24, 2.45) is 5.73 Å². The molecule has 1 aromatic rings. The predicted molar refractivity (Wildman–Crippen MR) is 76.1 cm³/mol. The van der Waals surface area contributed by atoms with Crippen LogP contribution in [0.15, 0.2) is 24.3 Å². The van der Waals surface area contributed by atoms with Gasteiger partial charge in [-0.1, -0.05) is 70.2 Å². The van der Waals surface area contributed by atoms with Crippen LogP contribution < -0.4 is 5.73 Å². The molecule has 0 aliphatic rings. The van der Waals surface area contributed by atoms with E-state index < -0.39 is 0 Å². The zero-order valence-corrected chi connectivity index (χ0v) is 11.4. The molecular weight excluding hydrogens is 206 g/mol. The average molecular weight is 233 g/mol. The highest BCUT2D eigenvalue weighted by atomic mass is 14.6. The van der Waals surface area contributed by atoms with Gasteiger partial charge in [0.1, 0.15) is 0 Å². The van der Waals surface area contributed by atoms with Crippen LogP contribution in [0.2, 0.25) is 0 Å². The van der Waals surface area contributed by atoms with Gasteiger partial charge in [-0.2, -0.15) is 0 Å². The standard InChI is InChI=1S/C16H27N/c1-3-5-6-7-12-16(17)15-11-8-10-14(13-15)9-4-2/h8,10-11,13,16H,3-7,9,12,17H2,1-2H3. The number of unbranched alkanes of at least 4 members (excludes halogenated alkanes) is 3. The second-order valence-corrected chi connectivity index (χ2v) is 4.95. The molecule has 0 saturated carbocycles.